The highest BCUT2D eigenvalue weighted by Gasteiger charge is 2.23. The predicted molar refractivity (Wildman–Crippen MR) is 109 cm³/mol. The average molecular weight is 367 g/mol. The molecule has 6 nitrogen and oxygen atoms in total. The summed E-state index contributed by atoms with van der Waals surface area (Å²) in [6.45, 7) is 3.76. The molecule has 0 radical (unpaired) electrons. The molecular formula is C21H25N3O3. The van der Waals surface area contributed by atoms with Crippen LogP contribution < -0.4 is 21.5 Å². The summed E-state index contributed by atoms with van der Waals surface area (Å²) >= 11 is 0. The van der Waals surface area contributed by atoms with Crippen molar-refractivity contribution in [2.75, 3.05) is 23.8 Å². The molecule has 6 heteroatoms. The molecule has 0 bridgehead atoms. The zero-order chi connectivity index (χ0) is 18.8. The summed E-state index contributed by atoms with van der Waals surface area (Å²) in [6, 6.07) is 7.98. The van der Waals surface area contributed by atoms with Crippen molar-refractivity contribution in [2.24, 2.45) is 5.92 Å². The first-order valence-corrected chi connectivity index (χ1v) is 9.64. The van der Waals surface area contributed by atoms with E-state index in [0.717, 1.165) is 55.5 Å². The summed E-state index contributed by atoms with van der Waals surface area (Å²) in [7, 11) is 0. The average Bonchev–Trinajstić information content (AvgIpc) is 3.12. The molecule has 1 atom stereocenters. The van der Waals surface area contributed by atoms with Gasteiger partial charge in [-0.15, -0.1) is 0 Å². The van der Waals surface area contributed by atoms with Crippen molar-refractivity contribution in [3.05, 3.63) is 50.9 Å². The molecule has 2 heterocycles. The van der Waals surface area contributed by atoms with Crippen LogP contribution in [0.15, 0.2) is 40.1 Å². The van der Waals surface area contributed by atoms with Crippen LogP contribution in [0.2, 0.25) is 0 Å². The van der Waals surface area contributed by atoms with Crippen LogP contribution in [0.1, 0.15) is 32.6 Å². The molecule has 0 aliphatic carbocycles. The van der Waals surface area contributed by atoms with Gasteiger partial charge in [-0.25, -0.2) is 0 Å². The topological polar surface area (TPSA) is 83.2 Å². The number of H-pyrrole nitrogens is 1. The van der Waals surface area contributed by atoms with E-state index >= 15 is 0 Å². The number of hydrogen-bond donors (Lipinski definition) is 3. The molecule has 0 spiro atoms. The molecule has 1 unspecified atom stereocenters. The normalized spacial score (nSPS) is 16.6. The molecule has 0 saturated carbocycles. The van der Waals surface area contributed by atoms with Crippen LogP contribution in [0, 0.1) is 5.92 Å². The Balaban J connectivity index is 1.43. The maximum atomic E-state index is 12.1. The number of ether oxygens (including phenoxy) is 1. The Morgan fingerprint density at radius 2 is 1.89 bits per heavy atom. The van der Waals surface area contributed by atoms with Gasteiger partial charge in [-0.3, -0.25) is 9.59 Å². The van der Waals surface area contributed by atoms with Gasteiger partial charge in [0.15, 0.2) is 0 Å². The molecular weight excluding hydrogens is 342 g/mol. The Kier molecular flexibility index (Phi) is 4.99. The summed E-state index contributed by atoms with van der Waals surface area (Å²) in [5.41, 5.74) is 1.66. The molecule has 1 aromatic heterocycles. The first-order valence-electron chi connectivity index (χ1n) is 9.64. The van der Waals surface area contributed by atoms with Crippen molar-refractivity contribution in [1.82, 2.24) is 4.98 Å². The summed E-state index contributed by atoms with van der Waals surface area (Å²) in [5.74, 6) is 0.694. The number of fused-ring (bicyclic) bond motifs is 1. The maximum Gasteiger partial charge on any atom is 0.253 e. The molecule has 3 aromatic rings. The minimum atomic E-state index is -0.459. The van der Waals surface area contributed by atoms with Gasteiger partial charge in [-0.1, -0.05) is 18.2 Å². The van der Waals surface area contributed by atoms with Gasteiger partial charge in [0.25, 0.3) is 10.9 Å². The van der Waals surface area contributed by atoms with E-state index in [4.69, 9.17) is 4.74 Å². The monoisotopic (exact) mass is 367 g/mol. The van der Waals surface area contributed by atoms with E-state index in [0.29, 0.717) is 17.3 Å². The van der Waals surface area contributed by atoms with Gasteiger partial charge < -0.3 is 20.4 Å². The van der Waals surface area contributed by atoms with E-state index in [-0.39, 0.29) is 6.04 Å². The van der Waals surface area contributed by atoms with E-state index in [9.17, 15) is 9.59 Å². The standard InChI is InChI=1S/C21H25N3O3/c1-13(6-7-14-8-10-27-11-9-14)23-18-19(21(26)20(18)25)24-17-12-22-16-5-3-2-4-15(16)17/h2-5,12-14,22-24H,6-11H2,1H3. The molecule has 2 aromatic carbocycles. The van der Waals surface area contributed by atoms with Crippen LogP contribution in [-0.2, 0) is 4.74 Å². The largest absolute Gasteiger partial charge is 0.381 e. The molecule has 1 fully saturated rings. The number of hydrogen-bond acceptors (Lipinski definition) is 5. The van der Waals surface area contributed by atoms with Gasteiger partial charge >= 0.3 is 0 Å². The molecule has 1 aliphatic rings. The third kappa shape index (κ3) is 3.62. The molecule has 0 amide bonds. The quantitative estimate of drug-likeness (QED) is 0.557. The highest BCUT2D eigenvalue weighted by atomic mass is 16.5. The molecule has 142 valence electrons. The number of anilines is 3. The van der Waals surface area contributed by atoms with Crippen molar-refractivity contribution in [1.29, 1.82) is 0 Å². The van der Waals surface area contributed by atoms with Crippen LogP contribution in [0.4, 0.5) is 17.1 Å². The number of para-hydroxylation sites is 1. The third-order valence-electron chi connectivity index (χ3n) is 5.50. The highest BCUT2D eigenvalue weighted by Crippen LogP contribution is 2.28. The van der Waals surface area contributed by atoms with Crippen LogP contribution >= 0.6 is 0 Å². The van der Waals surface area contributed by atoms with Crippen molar-refractivity contribution in [2.45, 2.75) is 38.6 Å². The van der Waals surface area contributed by atoms with Gasteiger partial charge in [-0.2, -0.15) is 0 Å². The summed E-state index contributed by atoms with van der Waals surface area (Å²) in [5, 5.41) is 7.38. The van der Waals surface area contributed by atoms with E-state index < -0.39 is 10.9 Å². The smallest absolute Gasteiger partial charge is 0.253 e. The summed E-state index contributed by atoms with van der Waals surface area (Å²) in [4.78, 5) is 27.3. The van der Waals surface area contributed by atoms with E-state index in [1.165, 1.54) is 0 Å². The fraction of sp³-hybridized carbons (Fsp3) is 0.429. The van der Waals surface area contributed by atoms with Gasteiger partial charge in [0, 0.05) is 36.4 Å². The minimum absolute atomic E-state index is 0.139. The van der Waals surface area contributed by atoms with E-state index in [1.54, 1.807) is 0 Å². The number of benzene rings is 1. The lowest BCUT2D eigenvalue weighted by Crippen LogP contribution is -2.38. The summed E-state index contributed by atoms with van der Waals surface area (Å²) in [6.07, 6.45) is 6.12. The molecule has 27 heavy (non-hydrogen) atoms. The predicted octanol–water partition coefficient (Wildman–Crippen LogP) is 3.51. The lowest BCUT2D eigenvalue weighted by Gasteiger charge is -2.24. The number of aromatic nitrogens is 1. The lowest BCUT2D eigenvalue weighted by molar-refractivity contribution is 0.0630. The molecule has 1 saturated heterocycles. The van der Waals surface area contributed by atoms with Gasteiger partial charge in [-0.05, 0) is 44.6 Å². The number of aromatic amines is 1. The Labute approximate surface area is 157 Å². The lowest BCUT2D eigenvalue weighted by atomic mass is 9.93. The van der Waals surface area contributed by atoms with Gasteiger partial charge in [0.2, 0.25) is 0 Å². The molecule has 4 rings (SSSR count). The first kappa shape index (κ1) is 17.8. The van der Waals surface area contributed by atoms with E-state index in [2.05, 4.69) is 22.5 Å². The molecule has 1 aliphatic heterocycles. The second kappa shape index (κ2) is 7.56. The molecule has 3 N–H and O–H groups in total. The Bertz CT molecular complexity index is 994. The van der Waals surface area contributed by atoms with Crippen LogP contribution in [0.5, 0.6) is 0 Å². The first-order chi connectivity index (χ1) is 13.1. The van der Waals surface area contributed by atoms with Crippen molar-refractivity contribution < 1.29 is 4.74 Å². The third-order valence-corrected chi connectivity index (χ3v) is 5.50. The second-order valence-corrected chi connectivity index (χ2v) is 7.46. The van der Waals surface area contributed by atoms with Crippen molar-refractivity contribution in [3.8, 4) is 0 Å². The fourth-order valence-electron chi connectivity index (χ4n) is 3.80. The van der Waals surface area contributed by atoms with Gasteiger partial charge in [0.1, 0.15) is 11.4 Å². The Hall–Kier alpha value is -2.60. The van der Waals surface area contributed by atoms with Crippen molar-refractivity contribution >= 4 is 28.0 Å². The second-order valence-electron chi connectivity index (χ2n) is 7.46. The highest BCUT2D eigenvalue weighted by molar-refractivity contribution is 5.95. The minimum Gasteiger partial charge on any atom is -0.381 e. The van der Waals surface area contributed by atoms with Crippen molar-refractivity contribution in [3.63, 3.8) is 0 Å². The van der Waals surface area contributed by atoms with Gasteiger partial charge in [0.05, 0.1) is 5.69 Å². The van der Waals surface area contributed by atoms with Crippen LogP contribution in [0.25, 0.3) is 10.9 Å². The number of rotatable bonds is 7. The maximum absolute atomic E-state index is 12.1. The Morgan fingerprint density at radius 1 is 1.15 bits per heavy atom. The number of nitrogens with one attached hydrogen (secondary N) is 3. The summed E-state index contributed by atoms with van der Waals surface area (Å²) < 4.78 is 5.40. The Morgan fingerprint density at radius 3 is 2.70 bits per heavy atom. The fourth-order valence-corrected chi connectivity index (χ4v) is 3.80. The zero-order valence-electron chi connectivity index (χ0n) is 15.5. The van der Waals surface area contributed by atoms with Crippen LogP contribution in [-0.4, -0.2) is 24.2 Å². The SMILES string of the molecule is CC(CCC1CCOCC1)Nc1c(Nc2c[nH]c3ccccc23)c(=O)c1=O. The zero-order valence-corrected chi connectivity index (χ0v) is 15.5. The van der Waals surface area contributed by atoms with Crippen LogP contribution in [0.3, 0.4) is 0 Å². The van der Waals surface area contributed by atoms with E-state index in [1.807, 2.05) is 30.5 Å².